The van der Waals surface area contributed by atoms with Crippen LogP contribution in [0.4, 0.5) is 4.39 Å². The standard InChI is InChI=1S/C9H10FN/c1-3-9(10)8-4-5-11-7(2)6-8/h3-6H,1-2H3/b9-3-. The molecule has 0 unspecified atom stereocenters. The van der Waals surface area contributed by atoms with Crippen molar-refractivity contribution < 1.29 is 4.39 Å². The maximum Gasteiger partial charge on any atom is 0.126 e. The van der Waals surface area contributed by atoms with E-state index in [1.807, 2.05) is 6.92 Å². The average molecular weight is 151 g/mol. The van der Waals surface area contributed by atoms with Crippen LogP contribution in [0.2, 0.25) is 0 Å². The Morgan fingerprint density at radius 3 is 2.91 bits per heavy atom. The minimum atomic E-state index is -0.199. The van der Waals surface area contributed by atoms with Crippen LogP contribution in [-0.2, 0) is 0 Å². The molecule has 0 aromatic carbocycles. The number of halogens is 1. The highest BCUT2D eigenvalue weighted by atomic mass is 19.1. The highest BCUT2D eigenvalue weighted by molar-refractivity contribution is 5.58. The largest absolute Gasteiger partial charge is 0.262 e. The molecule has 0 N–H and O–H groups in total. The number of hydrogen-bond donors (Lipinski definition) is 0. The molecular formula is C9H10FN. The van der Waals surface area contributed by atoms with E-state index in [9.17, 15) is 4.39 Å². The zero-order valence-electron chi connectivity index (χ0n) is 6.63. The summed E-state index contributed by atoms with van der Waals surface area (Å²) in [5.41, 5.74) is 1.43. The SMILES string of the molecule is C/C=C(\F)c1ccnc(C)c1. The Hall–Kier alpha value is -1.18. The van der Waals surface area contributed by atoms with Gasteiger partial charge in [-0.15, -0.1) is 0 Å². The van der Waals surface area contributed by atoms with E-state index in [0.29, 0.717) is 5.56 Å². The van der Waals surface area contributed by atoms with Crippen LogP contribution in [0.1, 0.15) is 18.2 Å². The van der Waals surface area contributed by atoms with E-state index in [-0.39, 0.29) is 5.83 Å². The van der Waals surface area contributed by atoms with Gasteiger partial charge in [-0.05, 0) is 26.0 Å². The summed E-state index contributed by atoms with van der Waals surface area (Å²) in [4.78, 5) is 3.96. The van der Waals surface area contributed by atoms with E-state index in [1.54, 1.807) is 25.3 Å². The van der Waals surface area contributed by atoms with E-state index in [0.717, 1.165) is 5.69 Å². The Balaban J connectivity index is 3.06. The fourth-order valence-corrected chi connectivity index (χ4v) is 0.861. The number of aromatic nitrogens is 1. The Labute approximate surface area is 65.6 Å². The number of rotatable bonds is 1. The van der Waals surface area contributed by atoms with E-state index in [4.69, 9.17) is 0 Å². The second-order valence-corrected chi connectivity index (χ2v) is 2.32. The Kier molecular flexibility index (Phi) is 2.36. The molecule has 1 heterocycles. The summed E-state index contributed by atoms with van der Waals surface area (Å²) in [5.74, 6) is -0.199. The molecule has 0 fully saturated rings. The van der Waals surface area contributed by atoms with Crippen LogP contribution in [0, 0.1) is 6.92 Å². The second-order valence-electron chi connectivity index (χ2n) is 2.32. The molecule has 0 saturated carbocycles. The number of allylic oxidation sites excluding steroid dienone is 1. The first-order valence-electron chi connectivity index (χ1n) is 3.49. The molecule has 0 radical (unpaired) electrons. The first-order chi connectivity index (χ1) is 5.24. The lowest BCUT2D eigenvalue weighted by Gasteiger charge is -1.96. The average Bonchev–Trinajstić information content (AvgIpc) is 2.03. The molecule has 1 rings (SSSR count). The molecule has 2 heteroatoms. The van der Waals surface area contributed by atoms with Gasteiger partial charge in [0.25, 0.3) is 0 Å². The molecule has 11 heavy (non-hydrogen) atoms. The number of nitrogens with zero attached hydrogens (tertiary/aromatic N) is 1. The Morgan fingerprint density at radius 2 is 2.36 bits per heavy atom. The molecule has 0 aliphatic carbocycles. The van der Waals surface area contributed by atoms with Gasteiger partial charge in [-0.1, -0.05) is 6.08 Å². The molecule has 1 aromatic rings. The number of aryl methyl sites for hydroxylation is 1. The summed E-state index contributed by atoms with van der Waals surface area (Å²) in [5, 5.41) is 0. The summed E-state index contributed by atoms with van der Waals surface area (Å²) in [6.45, 7) is 3.51. The third-order valence-electron chi connectivity index (χ3n) is 1.43. The summed E-state index contributed by atoms with van der Waals surface area (Å²) in [7, 11) is 0. The first-order valence-corrected chi connectivity index (χ1v) is 3.49. The molecule has 0 aliphatic heterocycles. The van der Waals surface area contributed by atoms with Gasteiger partial charge < -0.3 is 0 Å². The van der Waals surface area contributed by atoms with Crippen molar-refractivity contribution in [3.8, 4) is 0 Å². The van der Waals surface area contributed by atoms with Crippen molar-refractivity contribution in [1.82, 2.24) is 4.98 Å². The first kappa shape index (κ1) is 7.92. The minimum Gasteiger partial charge on any atom is -0.262 e. The van der Waals surface area contributed by atoms with Crippen LogP contribution < -0.4 is 0 Å². The molecule has 0 bridgehead atoms. The second kappa shape index (κ2) is 3.28. The maximum absolute atomic E-state index is 12.9. The van der Waals surface area contributed by atoms with Gasteiger partial charge in [0.15, 0.2) is 0 Å². The molecule has 1 nitrogen and oxygen atoms in total. The van der Waals surface area contributed by atoms with Crippen molar-refractivity contribution in [1.29, 1.82) is 0 Å². The highest BCUT2D eigenvalue weighted by Crippen LogP contribution is 2.14. The van der Waals surface area contributed by atoms with Crippen molar-refractivity contribution in [2.45, 2.75) is 13.8 Å². The van der Waals surface area contributed by atoms with Crippen LogP contribution in [0.3, 0.4) is 0 Å². The van der Waals surface area contributed by atoms with Crippen LogP contribution >= 0.6 is 0 Å². The topological polar surface area (TPSA) is 12.9 Å². The summed E-state index contributed by atoms with van der Waals surface area (Å²) >= 11 is 0. The zero-order valence-corrected chi connectivity index (χ0v) is 6.63. The van der Waals surface area contributed by atoms with Gasteiger partial charge in [-0.2, -0.15) is 0 Å². The van der Waals surface area contributed by atoms with Crippen molar-refractivity contribution >= 4 is 5.83 Å². The lowest BCUT2D eigenvalue weighted by atomic mass is 10.2. The van der Waals surface area contributed by atoms with Gasteiger partial charge in [0.2, 0.25) is 0 Å². The third-order valence-corrected chi connectivity index (χ3v) is 1.43. The Morgan fingerprint density at radius 1 is 1.64 bits per heavy atom. The van der Waals surface area contributed by atoms with E-state index in [1.165, 1.54) is 6.08 Å². The van der Waals surface area contributed by atoms with Crippen molar-refractivity contribution in [3.63, 3.8) is 0 Å². The molecule has 0 amide bonds. The van der Waals surface area contributed by atoms with Gasteiger partial charge in [0.1, 0.15) is 5.83 Å². The molecule has 0 aliphatic rings. The number of pyridine rings is 1. The van der Waals surface area contributed by atoms with Gasteiger partial charge in [-0.3, -0.25) is 4.98 Å². The number of hydrogen-bond acceptors (Lipinski definition) is 1. The van der Waals surface area contributed by atoms with Crippen molar-refractivity contribution in [3.05, 3.63) is 35.7 Å². The van der Waals surface area contributed by atoms with E-state index in [2.05, 4.69) is 4.98 Å². The normalized spacial score (nSPS) is 11.7. The van der Waals surface area contributed by atoms with E-state index < -0.39 is 0 Å². The van der Waals surface area contributed by atoms with Crippen LogP contribution in [0.5, 0.6) is 0 Å². The van der Waals surface area contributed by atoms with Gasteiger partial charge in [-0.25, -0.2) is 4.39 Å². The monoisotopic (exact) mass is 151 g/mol. The molecular weight excluding hydrogens is 141 g/mol. The quantitative estimate of drug-likeness (QED) is 0.601. The molecule has 0 saturated heterocycles. The third kappa shape index (κ3) is 1.87. The van der Waals surface area contributed by atoms with Gasteiger partial charge >= 0.3 is 0 Å². The lowest BCUT2D eigenvalue weighted by Crippen LogP contribution is -1.82. The molecule has 0 atom stereocenters. The Bertz CT molecular complexity index is 279. The lowest BCUT2D eigenvalue weighted by molar-refractivity contribution is 0.757. The highest BCUT2D eigenvalue weighted by Gasteiger charge is 1.97. The molecule has 58 valence electrons. The smallest absolute Gasteiger partial charge is 0.126 e. The van der Waals surface area contributed by atoms with Crippen molar-refractivity contribution in [2.75, 3.05) is 0 Å². The fraction of sp³-hybridized carbons (Fsp3) is 0.222. The summed E-state index contributed by atoms with van der Waals surface area (Å²) in [6, 6.07) is 3.37. The molecule has 1 aromatic heterocycles. The maximum atomic E-state index is 12.9. The summed E-state index contributed by atoms with van der Waals surface area (Å²) in [6.07, 6.45) is 3.04. The van der Waals surface area contributed by atoms with Crippen LogP contribution in [-0.4, -0.2) is 4.98 Å². The van der Waals surface area contributed by atoms with E-state index >= 15 is 0 Å². The summed E-state index contributed by atoms with van der Waals surface area (Å²) < 4.78 is 12.9. The van der Waals surface area contributed by atoms with Crippen LogP contribution in [0.15, 0.2) is 24.4 Å². The predicted octanol–water partition coefficient (Wildman–Crippen LogP) is 2.72. The van der Waals surface area contributed by atoms with Gasteiger partial charge in [0, 0.05) is 17.5 Å². The fourth-order valence-electron chi connectivity index (χ4n) is 0.861. The molecule has 0 spiro atoms. The van der Waals surface area contributed by atoms with Crippen LogP contribution in [0.25, 0.3) is 5.83 Å². The predicted molar refractivity (Wildman–Crippen MR) is 43.7 cm³/mol. The minimum absolute atomic E-state index is 0.199. The zero-order chi connectivity index (χ0) is 8.27. The van der Waals surface area contributed by atoms with Crippen molar-refractivity contribution in [2.24, 2.45) is 0 Å². The van der Waals surface area contributed by atoms with Gasteiger partial charge in [0.05, 0.1) is 0 Å².